The van der Waals surface area contributed by atoms with Crippen molar-refractivity contribution in [2.45, 2.75) is 13.3 Å². The molecular weight excluding hydrogens is 548 g/mol. The summed E-state index contributed by atoms with van der Waals surface area (Å²) in [4.78, 5) is 53.1. The van der Waals surface area contributed by atoms with Crippen LogP contribution in [-0.4, -0.2) is 49.1 Å². The molecule has 10 heteroatoms. The number of carboxylic acid groups (broad SMARTS) is 1. The van der Waals surface area contributed by atoms with Crippen LogP contribution in [0.2, 0.25) is 0 Å². The highest BCUT2D eigenvalue weighted by Crippen LogP contribution is 2.34. The number of anilines is 4. The summed E-state index contributed by atoms with van der Waals surface area (Å²) < 4.78 is 5.93. The van der Waals surface area contributed by atoms with Crippen LogP contribution in [0, 0.1) is 6.92 Å². The van der Waals surface area contributed by atoms with Crippen LogP contribution >= 0.6 is 0 Å². The molecule has 0 heterocycles. The molecule has 4 amide bonds. The number of para-hydroxylation sites is 3. The lowest BCUT2D eigenvalue weighted by Gasteiger charge is -2.26. The third-order valence-corrected chi connectivity index (χ3v) is 6.46. The van der Waals surface area contributed by atoms with Crippen LogP contribution in [-0.2, 0) is 20.8 Å². The predicted octanol–water partition coefficient (Wildman–Crippen LogP) is 5.15. The van der Waals surface area contributed by atoms with E-state index in [0.717, 1.165) is 11.3 Å². The number of ether oxygens (including phenoxy) is 1. The molecule has 10 nitrogen and oxygen atoms in total. The number of aryl methyl sites for hydroxylation is 1. The zero-order chi connectivity index (χ0) is 30.8. The van der Waals surface area contributed by atoms with Crippen LogP contribution in [0.1, 0.15) is 11.1 Å². The van der Waals surface area contributed by atoms with Crippen molar-refractivity contribution in [2.75, 3.05) is 35.3 Å². The molecule has 0 fully saturated rings. The minimum atomic E-state index is -0.986. The molecule has 220 valence electrons. The van der Waals surface area contributed by atoms with Gasteiger partial charge in [-0.2, -0.15) is 0 Å². The maximum atomic E-state index is 13.6. The van der Waals surface area contributed by atoms with Crippen LogP contribution in [0.5, 0.6) is 5.75 Å². The Balaban J connectivity index is 1.50. The monoisotopic (exact) mass is 580 g/mol. The average Bonchev–Trinajstić information content (AvgIpc) is 3.00. The fourth-order valence-corrected chi connectivity index (χ4v) is 4.25. The SMILES string of the molecule is Cc1ccc(N(C(=O)CNC(=O)Nc2cccc(CC(=O)O)c2)c2ccccc2OCC(=O)N(C)c2ccccc2)cc1. The molecule has 4 aromatic carbocycles. The number of hydrogen-bond donors (Lipinski definition) is 3. The van der Waals surface area contributed by atoms with Crippen molar-refractivity contribution in [1.82, 2.24) is 5.32 Å². The van der Waals surface area contributed by atoms with Gasteiger partial charge in [-0.3, -0.25) is 19.3 Å². The Bertz CT molecular complexity index is 1590. The Morgan fingerprint density at radius 1 is 0.791 bits per heavy atom. The van der Waals surface area contributed by atoms with E-state index in [0.29, 0.717) is 28.4 Å². The number of aliphatic carboxylic acids is 1. The number of nitrogens with zero attached hydrogens (tertiary/aromatic N) is 2. The van der Waals surface area contributed by atoms with Crippen LogP contribution in [0.3, 0.4) is 0 Å². The second kappa shape index (κ2) is 14.3. The summed E-state index contributed by atoms with van der Waals surface area (Å²) in [5.41, 5.74) is 3.58. The van der Waals surface area contributed by atoms with Gasteiger partial charge in [0.1, 0.15) is 5.75 Å². The molecule has 0 bridgehead atoms. The zero-order valence-electron chi connectivity index (χ0n) is 23.8. The molecule has 4 rings (SSSR count). The van der Waals surface area contributed by atoms with Crippen molar-refractivity contribution in [3.8, 4) is 5.75 Å². The summed E-state index contributed by atoms with van der Waals surface area (Å²) in [6.07, 6.45) is -0.184. The number of carbonyl (C=O) groups is 4. The van der Waals surface area contributed by atoms with E-state index >= 15 is 0 Å². The summed E-state index contributed by atoms with van der Waals surface area (Å²) in [6.45, 7) is 1.30. The van der Waals surface area contributed by atoms with Gasteiger partial charge >= 0.3 is 12.0 Å². The molecule has 3 N–H and O–H groups in total. The van der Waals surface area contributed by atoms with Gasteiger partial charge in [0, 0.05) is 24.1 Å². The lowest BCUT2D eigenvalue weighted by atomic mass is 10.1. The third kappa shape index (κ3) is 8.43. The molecule has 0 aromatic heterocycles. The summed E-state index contributed by atoms with van der Waals surface area (Å²) >= 11 is 0. The summed E-state index contributed by atoms with van der Waals surface area (Å²) in [5.74, 6) is -1.41. The quantitative estimate of drug-likeness (QED) is 0.225. The number of carbonyl (C=O) groups excluding carboxylic acids is 3. The van der Waals surface area contributed by atoms with E-state index in [1.807, 2.05) is 49.4 Å². The normalized spacial score (nSPS) is 10.4. The Morgan fingerprint density at radius 3 is 2.21 bits per heavy atom. The van der Waals surface area contributed by atoms with Crippen LogP contribution in [0.4, 0.5) is 27.5 Å². The molecule has 0 aliphatic carbocycles. The number of benzene rings is 4. The van der Waals surface area contributed by atoms with Crippen molar-refractivity contribution in [2.24, 2.45) is 0 Å². The topological polar surface area (TPSA) is 128 Å². The molecule has 0 saturated heterocycles. The van der Waals surface area contributed by atoms with Crippen LogP contribution in [0.25, 0.3) is 0 Å². The summed E-state index contributed by atoms with van der Waals surface area (Å²) in [7, 11) is 1.66. The maximum absolute atomic E-state index is 13.6. The van der Waals surface area contributed by atoms with E-state index in [1.54, 1.807) is 67.7 Å². The highest BCUT2D eigenvalue weighted by molar-refractivity contribution is 6.05. The molecule has 0 atom stereocenters. The van der Waals surface area contributed by atoms with Crippen LogP contribution < -0.4 is 25.2 Å². The lowest BCUT2D eigenvalue weighted by Crippen LogP contribution is -2.40. The van der Waals surface area contributed by atoms with Gasteiger partial charge in [0.2, 0.25) is 0 Å². The molecule has 0 aliphatic rings. The Morgan fingerprint density at radius 2 is 1.49 bits per heavy atom. The molecular formula is C33H32N4O6. The van der Waals surface area contributed by atoms with Crippen molar-refractivity contribution in [3.63, 3.8) is 0 Å². The zero-order valence-corrected chi connectivity index (χ0v) is 23.8. The molecule has 0 aliphatic heterocycles. The van der Waals surface area contributed by atoms with Gasteiger partial charge in [0.25, 0.3) is 11.8 Å². The first kappa shape index (κ1) is 30.3. The van der Waals surface area contributed by atoms with Crippen molar-refractivity contribution < 1.29 is 29.0 Å². The first-order chi connectivity index (χ1) is 20.7. The molecule has 0 saturated carbocycles. The van der Waals surface area contributed by atoms with Crippen molar-refractivity contribution >= 4 is 46.6 Å². The lowest BCUT2D eigenvalue weighted by molar-refractivity contribution is -0.136. The first-order valence-electron chi connectivity index (χ1n) is 13.5. The number of likely N-dealkylation sites (N-methyl/N-ethyl adjacent to an activating group) is 1. The highest BCUT2D eigenvalue weighted by atomic mass is 16.5. The Labute approximate surface area is 249 Å². The fraction of sp³-hybridized carbons (Fsp3) is 0.152. The van der Waals surface area contributed by atoms with E-state index in [1.165, 1.54) is 9.80 Å². The fourth-order valence-electron chi connectivity index (χ4n) is 4.25. The van der Waals surface area contributed by atoms with E-state index in [-0.39, 0.29) is 25.5 Å². The third-order valence-electron chi connectivity index (χ3n) is 6.46. The molecule has 0 radical (unpaired) electrons. The van der Waals surface area contributed by atoms with Gasteiger partial charge in [0.15, 0.2) is 6.61 Å². The largest absolute Gasteiger partial charge is 0.482 e. The van der Waals surface area contributed by atoms with E-state index in [9.17, 15) is 19.2 Å². The van der Waals surface area contributed by atoms with Gasteiger partial charge in [-0.1, -0.05) is 60.2 Å². The summed E-state index contributed by atoms with van der Waals surface area (Å²) in [5, 5.41) is 14.2. The van der Waals surface area contributed by atoms with E-state index in [2.05, 4.69) is 10.6 Å². The smallest absolute Gasteiger partial charge is 0.319 e. The number of hydrogen-bond acceptors (Lipinski definition) is 5. The minimum absolute atomic E-state index is 0.184. The first-order valence-corrected chi connectivity index (χ1v) is 13.5. The molecule has 43 heavy (non-hydrogen) atoms. The van der Waals surface area contributed by atoms with Gasteiger partial charge in [-0.15, -0.1) is 0 Å². The second-order valence-corrected chi connectivity index (χ2v) is 9.69. The number of urea groups is 1. The van der Waals surface area contributed by atoms with Gasteiger partial charge < -0.3 is 25.4 Å². The van der Waals surface area contributed by atoms with E-state index < -0.39 is 17.9 Å². The van der Waals surface area contributed by atoms with Gasteiger partial charge in [-0.25, -0.2) is 4.79 Å². The predicted molar refractivity (Wildman–Crippen MR) is 165 cm³/mol. The van der Waals surface area contributed by atoms with Crippen molar-refractivity contribution in [3.05, 3.63) is 114 Å². The second-order valence-electron chi connectivity index (χ2n) is 9.69. The minimum Gasteiger partial charge on any atom is -0.482 e. The molecule has 0 spiro atoms. The number of nitrogens with one attached hydrogen (secondary N) is 2. The maximum Gasteiger partial charge on any atom is 0.319 e. The number of rotatable bonds is 11. The van der Waals surface area contributed by atoms with Crippen LogP contribution in [0.15, 0.2) is 103 Å². The number of carboxylic acids is 1. The average molecular weight is 581 g/mol. The van der Waals surface area contributed by atoms with Crippen molar-refractivity contribution in [1.29, 1.82) is 0 Å². The number of amides is 4. The van der Waals surface area contributed by atoms with Gasteiger partial charge in [0.05, 0.1) is 18.7 Å². The molecule has 4 aromatic rings. The summed E-state index contributed by atoms with van der Waals surface area (Å²) in [6, 6.07) is 29.2. The standard InChI is InChI=1S/C33H32N4O6/c1-23-15-17-27(18-16-23)37(30(38)21-34-33(42)35-25-10-8-9-24(19-25)20-32(40)41)28-13-6-7-14-29(28)43-22-31(39)36(2)26-11-4-3-5-12-26/h3-19H,20-22H2,1-2H3,(H,40,41)(H2,34,35,42). The Kier molecular flexibility index (Phi) is 10.1. The Hall–Kier alpha value is -5.64. The van der Waals surface area contributed by atoms with Gasteiger partial charge in [-0.05, 0) is 61.0 Å². The highest BCUT2D eigenvalue weighted by Gasteiger charge is 2.23. The molecule has 0 unspecified atom stereocenters. The van der Waals surface area contributed by atoms with E-state index in [4.69, 9.17) is 9.84 Å².